The van der Waals surface area contributed by atoms with Gasteiger partial charge in [0.05, 0.1) is 0 Å². The SMILES string of the molecule is CCn1ccc2cc(C(=O)NCC3CCN(C)C3)ccc21. The maximum atomic E-state index is 12.3. The Kier molecular flexibility index (Phi) is 3.97. The van der Waals surface area contributed by atoms with Crippen LogP contribution in [-0.2, 0) is 6.54 Å². The molecule has 21 heavy (non-hydrogen) atoms. The summed E-state index contributed by atoms with van der Waals surface area (Å²) in [6, 6.07) is 8.01. The number of nitrogens with one attached hydrogen (secondary N) is 1. The fourth-order valence-corrected chi connectivity index (χ4v) is 3.15. The van der Waals surface area contributed by atoms with Gasteiger partial charge in [-0.3, -0.25) is 4.79 Å². The van der Waals surface area contributed by atoms with E-state index in [-0.39, 0.29) is 5.91 Å². The Morgan fingerprint density at radius 2 is 2.24 bits per heavy atom. The number of hydrogen-bond acceptors (Lipinski definition) is 2. The lowest BCUT2D eigenvalue weighted by Crippen LogP contribution is -2.30. The van der Waals surface area contributed by atoms with Crippen LogP contribution in [0.5, 0.6) is 0 Å². The maximum Gasteiger partial charge on any atom is 0.251 e. The van der Waals surface area contributed by atoms with E-state index in [1.165, 1.54) is 11.9 Å². The fourth-order valence-electron chi connectivity index (χ4n) is 3.15. The smallest absolute Gasteiger partial charge is 0.251 e. The summed E-state index contributed by atoms with van der Waals surface area (Å²) in [6.45, 7) is 6.07. The van der Waals surface area contributed by atoms with E-state index < -0.39 is 0 Å². The predicted molar refractivity (Wildman–Crippen MR) is 85.5 cm³/mol. The van der Waals surface area contributed by atoms with Crippen LogP contribution < -0.4 is 5.32 Å². The van der Waals surface area contributed by atoms with Gasteiger partial charge in [-0.05, 0) is 57.1 Å². The van der Waals surface area contributed by atoms with E-state index in [1.54, 1.807) is 0 Å². The van der Waals surface area contributed by atoms with E-state index in [2.05, 4.69) is 41.0 Å². The average Bonchev–Trinajstić information content (AvgIpc) is 3.09. The van der Waals surface area contributed by atoms with Gasteiger partial charge in [0.1, 0.15) is 0 Å². The van der Waals surface area contributed by atoms with Crippen molar-refractivity contribution < 1.29 is 4.79 Å². The normalized spacial score (nSPS) is 19.2. The standard InChI is InChI=1S/C17H23N3O/c1-3-20-9-7-14-10-15(4-5-16(14)20)17(21)18-11-13-6-8-19(2)12-13/h4-5,7,9-10,13H,3,6,8,11-12H2,1-2H3,(H,18,21). The van der Waals surface area contributed by atoms with Crippen LogP contribution in [0.4, 0.5) is 0 Å². The Morgan fingerprint density at radius 1 is 1.38 bits per heavy atom. The highest BCUT2D eigenvalue weighted by atomic mass is 16.1. The van der Waals surface area contributed by atoms with Crippen LogP contribution in [0.25, 0.3) is 10.9 Å². The molecule has 4 heteroatoms. The van der Waals surface area contributed by atoms with Crippen molar-refractivity contribution in [1.29, 1.82) is 0 Å². The van der Waals surface area contributed by atoms with Crippen LogP contribution in [0.2, 0.25) is 0 Å². The average molecular weight is 285 g/mol. The second kappa shape index (κ2) is 5.90. The number of amides is 1. The third-order valence-corrected chi connectivity index (χ3v) is 4.41. The van der Waals surface area contributed by atoms with Gasteiger partial charge in [-0.15, -0.1) is 0 Å². The summed E-state index contributed by atoms with van der Waals surface area (Å²) in [5.41, 5.74) is 1.94. The van der Waals surface area contributed by atoms with Gasteiger partial charge < -0.3 is 14.8 Å². The number of rotatable bonds is 4. The van der Waals surface area contributed by atoms with E-state index >= 15 is 0 Å². The lowest BCUT2D eigenvalue weighted by Gasteiger charge is -2.12. The number of benzene rings is 1. The number of hydrogen-bond donors (Lipinski definition) is 1. The zero-order valence-corrected chi connectivity index (χ0v) is 12.8. The van der Waals surface area contributed by atoms with Crippen LogP contribution >= 0.6 is 0 Å². The summed E-state index contributed by atoms with van der Waals surface area (Å²) in [7, 11) is 2.13. The van der Waals surface area contributed by atoms with Crippen molar-refractivity contribution in [3.8, 4) is 0 Å². The molecule has 1 saturated heterocycles. The highest BCUT2D eigenvalue weighted by Gasteiger charge is 2.20. The zero-order valence-electron chi connectivity index (χ0n) is 12.8. The van der Waals surface area contributed by atoms with E-state index in [4.69, 9.17) is 0 Å². The largest absolute Gasteiger partial charge is 0.352 e. The molecule has 1 aromatic heterocycles. The first-order valence-electron chi connectivity index (χ1n) is 7.73. The molecule has 1 aliphatic heterocycles. The second-order valence-electron chi connectivity index (χ2n) is 6.00. The minimum Gasteiger partial charge on any atom is -0.352 e. The third-order valence-electron chi connectivity index (χ3n) is 4.41. The van der Waals surface area contributed by atoms with E-state index in [0.29, 0.717) is 5.92 Å². The Balaban J connectivity index is 1.67. The van der Waals surface area contributed by atoms with Gasteiger partial charge in [0, 0.05) is 42.3 Å². The Labute approximate surface area is 125 Å². The summed E-state index contributed by atoms with van der Waals surface area (Å²) in [5.74, 6) is 0.625. The minimum absolute atomic E-state index is 0.0377. The highest BCUT2D eigenvalue weighted by molar-refractivity contribution is 5.98. The number of nitrogens with zero attached hydrogens (tertiary/aromatic N) is 2. The topological polar surface area (TPSA) is 37.3 Å². The first kappa shape index (κ1) is 14.1. The molecular weight excluding hydrogens is 262 g/mol. The molecule has 0 bridgehead atoms. The van der Waals surface area contributed by atoms with Crippen molar-refractivity contribution >= 4 is 16.8 Å². The van der Waals surface area contributed by atoms with Crippen LogP contribution in [0.1, 0.15) is 23.7 Å². The molecule has 1 aliphatic rings. The number of aromatic nitrogens is 1. The molecule has 1 unspecified atom stereocenters. The maximum absolute atomic E-state index is 12.3. The molecule has 0 aliphatic carbocycles. The van der Waals surface area contributed by atoms with Crippen molar-refractivity contribution in [3.63, 3.8) is 0 Å². The number of carbonyl (C=O) groups excluding carboxylic acids is 1. The van der Waals surface area contributed by atoms with Crippen molar-refractivity contribution in [2.45, 2.75) is 19.9 Å². The molecule has 0 spiro atoms. The van der Waals surface area contributed by atoms with E-state index in [1.807, 2.05) is 18.2 Å². The lowest BCUT2D eigenvalue weighted by atomic mass is 10.1. The number of aryl methyl sites for hydroxylation is 1. The van der Waals surface area contributed by atoms with Crippen LogP contribution in [0, 0.1) is 5.92 Å². The van der Waals surface area contributed by atoms with Crippen LogP contribution in [0.15, 0.2) is 30.5 Å². The predicted octanol–water partition coefficient (Wildman–Crippen LogP) is 2.34. The quantitative estimate of drug-likeness (QED) is 0.936. The molecule has 1 atom stereocenters. The molecule has 0 radical (unpaired) electrons. The van der Waals surface area contributed by atoms with Gasteiger partial charge >= 0.3 is 0 Å². The molecule has 4 nitrogen and oxygen atoms in total. The van der Waals surface area contributed by atoms with Crippen LogP contribution in [0.3, 0.4) is 0 Å². The van der Waals surface area contributed by atoms with Crippen molar-refractivity contribution in [3.05, 3.63) is 36.0 Å². The molecule has 2 heterocycles. The molecule has 1 N–H and O–H groups in total. The molecule has 2 aromatic rings. The number of carbonyl (C=O) groups is 1. The van der Waals surface area contributed by atoms with Gasteiger partial charge in [0.2, 0.25) is 0 Å². The van der Waals surface area contributed by atoms with Gasteiger partial charge in [-0.2, -0.15) is 0 Å². The van der Waals surface area contributed by atoms with E-state index in [0.717, 1.165) is 37.1 Å². The summed E-state index contributed by atoms with van der Waals surface area (Å²) in [5, 5.41) is 4.20. The summed E-state index contributed by atoms with van der Waals surface area (Å²) >= 11 is 0. The fraction of sp³-hybridized carbons (Fsp3) is 0.471. The van der Waals surface area contributed by atoms with Gasteiger partial charge in [0.25, 0.3) is 5.91 Å². The number of likely N-dealkylation sites (tertiary alicyclic amines) is 1. The van der Waals surface area contributed by atoms with Crippen molar-refractivity contribution in [1.82, 2.24) is 14.8 Å². The Morgan fingerprint density at radius 3 is 2.95 bits per heavy atom. The first-order valence-corrected chi connectivity index (χ1v) is 7.73. The Hall–Kier alpha value is -1.81. The molecule has 0 saturated carbocycles. The monoisotopic (exact) mass is 285 g/mol. The molecule has 1 aromatic carbocycles. The first-order chi connectivity index (χ1) is 10.2. The lowest BCUT2D eigenvalue weighted by molar-refractivity contribution is 0.0947. The summed E-state index contributed by atoms with van der Waals surface area (Å²) in [6.07, 6.45) is 3.25. The molecule has 112 valence electrons. The van der Waals surface area contributed by atoms with Gasteiger partial charge in [-0.25, -0.2) is 0 Å². The van der Waals surface area contributed by atoms with Gasteiger partial charge in [0.15, 0.2) is 0 Å². The highest BCUT2D eigenvalue weighted by Crippen LogP contribution is 2.18. The second-order valence-corrected chi connectivity index (χ2v) is 6.00. The summed E-state index contributed by atoms with van der Waals surface area (Å²) < 4.78 is 2.19. The molecule has 1 fully saturated rings. The minimum atomic E-state index is 0.0377. The zero-order chi connectivity index (χ0) is 14.8. The molecule has 1 amide bonds. The molecule has 3 rings (SSSR count). The summed E-state index contributed by atoms with van der Waals surface area (Å²) in [4.78, 5) is 14.6. The number of fused-ring (bicyclic) bond motifs is 1. The van der Waals surface area contributed by atoms with Crippen molar-refractivity contribution in [2.24, 2.45) is 5.92 Å². The van der Waals surface area contributed by atoms with E-state index in [9.17, 15) is 4.79 Å². The van der Waals surface area contributed by atoms with Gasteiger partial charge in [-0.1, -0.05) is 0 Å². The van der Waals surface area contributed by atoms with Crippen molar-refractivity contribution in [2.75, 3.05) is 26.7 Å². The Bertz CT molecular complexity index is 647. The third kappa shape index (κ3) is 2.95. The molecular formula is C17H23N3O. The van der Waals surface area contributed by atoms with Crippen LogP contribution in [-0.4, -0.2) is 42.1 Å².